The molecule has 3 aromatic rings. The van der Waals surface area contributed by atoms with Crippen molar-refractivity contribution in [3.63, 3.8) is 0 Å². The molecule has 0 atom stereocenters. The first-order chi connectivity index (χ1) is 16.7. The molecule has 0 fully saturated rings. The van der Waals surface area contributed by atoms with Crippen LogP contribution in [0.4, 0.5) is 0 Å². The lowest BCUT2D eigenvalue weighted by Crippen LogP contribution is -2.17. The number of aromatic amines is 1. The summed E-state index contributed by atoms with van der Waals surface area (Å²) in [6.07, 6.45) is 10.6. The molecule has 0 spiro atoms. The number of benzene rings is 2. The van der Waals surface area contributed by atoms with Crippen LogP contribution in [0.15, 0.2) is 70.8 Å². The number of nitrogens with one attached hydrogen (secondary N) is 2. The second-order valence-electron chi connectivity index (χ2n) is 7.95. The van der Waals surface area contributed by atoms with Gasteiger partial charge in [0.05, 0.1) is 23.5 Å². The Morgan fingerprint density at radius 2 is 1.79 bits per heavy atom. The molecule has 178 valence electrons. The Kier molecular flexibility index (Phi) is 10.4. The minimum absolute atomic E-state index is 0.304. The Balaban J connectivity index is 1.45. The Morgan fingerprint density at radius 1 is 1.06 bits per heavy atom. The molecule has 1 amide bonds. The van der Waals surface area contributed by atoms with Crippen molar-refractivity contribution in [2.75, 3.05) is 6.61 Å². The normalized spacial score (nSPS) is 11.6. The van der Waals surface area contributed by atoms with Gasteiger partial charge in [0, 0.05) is 5.56 Å². The van der Waals surface area contributed by atoms with E-state index in [-0.39, 0.29) is 0 Å². The van der Waals surface area contributed by atoms with Crippen molar-refractivity contribution in [1.82, 2.24) is 15.6 Å². The maximum absolute atomic E-state index is 12.3. The van der Waals surface area contributed by atoms with E-state index < -0.39 is 5.91 Å². The summed E-state index contributed by atoms with van der Waals surface area (Å²) in [5, 5.41) is 11.3. The lowest BCUT2D eigenvalue weighted by atomic mass is 10.1. The molecule has 0 aliphatic heterocycles. The predicted molar refractivity (Wildman–Crippen MR) is 139 cm³/mol. The molecule has 3 rings (SSSR count). The van der Waals surface area contributed by atoms with E-state index in [1.807, 2.05) is 54.6 Å². The fourth-order valence-corrected chi connectivity index (χ4v) is 3.51. The van der Waals surface area contributed by atoms with Crippen molar-refractivity contribution < 1.29 is 9.53 Å². The van der Waals surface area contributed by atoms with E-state index in [2.05, 4.69) is 27.6 Å². The first-order valence-corrected chi connectivity index (χ1v) is 12.1. The lowest BCUT2D eigenvalue weighted by Gasteiger charge is -2.06. The first kappa shape index (κ1) is 25.2. The maximum Gasteiger partial charge on any atom is 0.289 e. The van der Waals surface area contributed by atoms with Crippen molar-refractivity contribution >= 4 is 29.8 Å². The highest BCUT2D eigenvalue weighted by atomic mass is 35.5. The van der Waals surface area contributed by atoms with Crippen LogP contribution in [-0.4, -0.2) is 28.9 Å². The van der Waals surface area contributed by atoms with Gasteiger partial charge in [-0.05, 0) is 48.4 Å². The molecule has 7 heteroatoms. The van der Waals surface area contributed by atoms with Gasteiger partial charge in [0.15, 0.2) is 0 Å². The number of carbonyl (C=O) groups excluding carboxylic acids is 1. The van der Waals surface area contributed by atoms with Crippen LogP contribution >= 0.6 is 11.6 Å². The molecule has 1 heterocycles. The molecule has 0 aliphatic rings. The highest BCUT2D eigenvalue weighted by Crippen LogP contribution is 2.21. The van der Waals surface area contributed by atoms with E-state index >= 15 is 0 Å². The van der Waals surface area contributed by atoms with Crippen LogP contribution in [0.1, 0.15) is 61.5 Å². The number of unbranched alkanes of at least 4 members (excludes halogenated alkanes) is 5. The number of halogens is 1. The van der Waals surface area contributed by atoms with E-state index in [4.69, 9.17) is 16.3 Å². The molecule has 0 bridgehead atoms. The van der Waals surface area contributed by atoms with Crippen molar-refractivity contribution in [2.45, 2.75) is 45.4 Å². The largest absolute Gasteiger partial charge is 0.494 e. The number of amides is 1. The molecular formula is C27H31ClN4O2. The standard InChI is InChI=1S/C27H31ClN4O2/c1-2-3-4-5-6-10-17-34-24-15-13-22(14-16-24)25-19-26(31-30-25)27(33)32-29-20-23(28)18-21-11-8-7-9-12-21/h7-9,11-16,18-20H,2-6,10,17H2,1H3,(H,30,31)(H,32,33). The molecule has 2 aromatic carbocycles. The summed E-state index contributed by atoms with van der Waals surface area (Å²) >= 11 is 6.14. The zero-order valence-electron chi connectivity index (χ0n) is 19.5. The third kappa shape index (κ3) is 8.52. The average molecular weight is 479 g/mol. The Labute approximate surface area is 206 Å². The molecule has 1 aromatic heterocycles. The SMILES string of the molecule is CCCCCCCCOc1ccc(-c2cc(C(=O)NN=CC(Cl)=Cc3ccccc3)[nH]n2)cc1. The van der Waals surface area contributed by atoms with Crippen molar-refractivity contribution in [2.24, 2.45) is 5.10 Å². The van der Waals surface area contributed by atoms with Gasteiger partial charge in [0.1, 0.15) is 11.4 Å². The van der Waals surface area contributed by atoms with Gasteiger partial charge in [-0.25, -0.2) is 5.43 Å². The molecule has 6 nitrogen and oxygen atoms in total. The number of hydrazone groups is 1. The molecule has 2 N–H and O–H groups in total. The lowest BCUT2D eigenvalue weighted by molar-refractivity contribution is 0.0950. The van der Waals surface area contributed by atoms with Gasteiger partial charge >= 0.3 is 0 Å². The Hall–Kier alpha value is -3.38. The predicted octanol–water partition coefficient (Wildman–Crippen LogP) is 6.81. The van der Waals surface area contributed by atoms with Gasteiger partial charge in [0.25, 0.3) is 5.91 Å². The van der Waals surface area contributed by atoms with E-state index in [9.17, 15) is 4.79 Å². The summed E-state index contributed by atoms with van der Waals surface area (Å²) in [6, 6.07) is 19.0. The maximum atomic E-state index is 12.3. The number of H-pyrrole nitrogens is 1. The van der Waals surface area contributed by atoms with E-state index in [1.54, 1.807) is 12.1 Å². The molecule has 0 aliphatic carbocycles. The van der Waals surface area contributed by atoms with Crippen LogP contribution in [0.3, 0.4) is 0 Å². The summed E-state index contributed by atoms with van der Waals surface area (Å²) in [5.41, 5.74) is 5.25. The van der Waals surface area contributed by atoms with Gasteiger partial charge < -0.3 is 4.74 Å². The van der Waals surface area contributed by atoms with Crippen LogP contribution in [0, 0.1) is 0 Å². The highest BCUT2D eigenvalue weighted by molar-refractivity contribution is 6.41. The molecular weight excluding hydrogens is 448 g/mol. The smallest absolute Gasteiger partial charge is 0.289 e. The second-order valence-corrected chi connectivity index (χ2v) is 8.38. The zero-order chi connectivity index (χ0) is 24.0. The van der Waals surface area contributed by atoms with Gasteiger partial charge in [-0.1, -0.05) is 81.0 Å². The molecule has 0 radical (unpaired) electrons. The number of allylic oxidation sites excluding steroid dienone is 1. The highest BCUT2D eigenvalue weighted by Gasteiger charge is 2.10. The molecule has 34 heavy (non-hydrogen) atoms. The second kappa shape index (κ2) is 14.0. The van der Waals surface area contributed by atoms with Gasteiger partial charge in [-0.15, -0.1) is 0 Å². The minimum Gasteiger partial charge on any atom is -0.494 e. The van der Waals surface area contributed by atoms with E-state index in [1.165, 1.54) is 38.3 Å². The number of aromatic nitrogens is 2. The number of carbonyl (C=O) groups is 1. The fraction of sp³-hybridized carbons (Fsp3) is 0.296. The quantitative estimate of drug-likeness (QED) is 0.161. The third-order valence-electron chi connectivity index (χ3n) is 5.20. The van der Waals surface area contributed by atoms with Gasteiger partial charge in [-0.2, -0.15) is 10.2 Å². The number of hydrogen-bond acceptors (Lipinski definition) is 4. The summed E-state index contributed by atoms with van der Waals surface area (Å²) in [4.78, 5) is 12.3. The fourth-order valence-electron chi connectivity index (χ4n) is 3.34. The number of rotatable bonds is 13. The molecule has 0 saturated heterocycles. The molecule has 0 saturated carbocycles. The third-order valence-corrected chi connectivity index (χ3v) is 5.40. The molecule has 0 unspecified atom stereocenters. The number of nitrogens with zero attached hydrogens (tertiary/aromatic N) is 2. The van der Waals surface area contributed by atoms with Crippen molar-refractivity contribution in [1.29, 1.82) is 0 Å². The van der Waals surface area contributed by atoms with Crippen LogP contribution in [-0.2, 0) is 0 Å². The van der Waals surface area contributed by atoms with Crippen LogP contribution in [0.2, 0.25) is 0 Å². The first-order valence-electron chi connectivity index (χ1n) is 11.7. The van der Waals surface area contributed by atoms with Crippen molar-refractivity contribution in [3.8, 4) is 17.0 Å². The van der Waals surface area contributed by atoms with Crippen molar-refractivity contribution in [3.05, 3.63) is 77.0 Å². The monoisotopic (exact) mass is 478 g/mol. The number of ether oxygens (including phenoxy) is 1. The van der Waals surface area contributed by atoms with Crippen LogP contribution in [0.25, 0.3) is 17.3 Å². The zero-order valence-corrected chi connectivity index (χ0v) is 20.2. The summed E-state index contributed by atoms with van der Waals surface area (Å²) in [7, 11) is 0. The topological polar surface area (TPSA) is 79.4 Å². The summed E-state index contributed by atoms with van der Waals surface area (Å²) < 4.78 is 5.82. The Morgan fingerprint density at radius 3 is 2.56 bits per heavy atom. The average Bonchev–Trinajstić information content (AvgIpc) is 3.35. The summed E-state index contributed by atoms with van der Waals surface area (Å²) in [5.74, 6) is 0.429. The van der Waals surface area contributed by atoms with E-state index in [0.717, 1.165) is 29.9 Å². The van der Waals surface area contributed by atoms with Crippen LogP contribution < -0.4 is 10.2 Å². The van der Waals surface area contributed by atoms with Gasteiger partial charge in [0.2, 0.25) is 0 Å². The minimum atomic E-state index is -0.405. The summed E-state index contributed by atoms with van der Waals surface area (Å²) in [6.45, 7) is 2.95. The Bertz CT molecular complexity index is 1080. The van der Waals surface area contributed by atoms with Crippen LogP contribution in [0.5, 0.6) is 5.75 Å². The van der Waals surface area contributed by atoms with Gasteiger partial charge in [-0.3, -0.25) is 9.89 Å². The number of hydrogen-bond donors (Lipinski definition) is 2. The van der Waals surface area contributed by atoms with E-state index in [0.29, 0.717) is 16.4 Å².